The molecular weight excluding hydrogens is 370 g/mol. The molecule has 1 spiro atoms. The summed E-state index contributed by atoms with van der Waals surface area (Å²) in [5, 5.41) is 2.98. The molecule has 1 saturated heterocycles. The van der Waals surface area contributed by atoms with Crippen molar-refractivity contribution in [3.63, 3.8) is 0 Å². The summed E-state index contributed by atoms with van der Waals surface area (Å²) >= 11 is 0. The number of likely N-dealkylation sites (tertiary alicyclic amines) is 1. The van der Waals surface area contributed by atoms with Crippen molar-refractivity contribution in [2.24, 2.45) is 5.92 Å². The van der Waals surface area contributed by atoms with Crippen molar-refractivity contribution in [1.29, 1.82) is 0 Å². The Kier molecular flexibility index (Phi) is 5.36. The number of fused-ring (bicyclic) bond motifs is 2. The van der Waals surface area contributed by atoms with E-state index in [0.717, 1.165) is 5.82 Å². The van der Waals surface area contributed by atoms with Crippen LogP contribution in [0.2, 0.25) is 0 Å². The van der Waals surface area contributed by atoms with Crippen molar-refractivity contribution < 1.29 is 14.3 Å². The lowest BCUT2D eigenvalue weighted by Crippen LogP contribution is -2.55. The van der Waals surface area contributed by atoms with Crippen molar-refractivity contribution in [2.75, 3.05) is 19.6 Å². The third-order valence-corrected chi connectivity index (χ3v) is 5.62. The van der Waals surface area contributed by atoms with Gasteiger partial charge in [0.25, 0.3) is 11.8 Å². The molecule has 1 N–H and O–H groups in total. The van der Waals surface area contributed by atoms with Crippen molar-refractivity contribution in [3.8, 4) is 0 Å². The standard InChI is InChI=1S/C21H27N5O3/c1-15(2)13-24-18(27)17-14-26-12-9-23-20(26)21(29-17)5-10-25(11-6-21)19(28)16-3-7-22-8-4-16/h3-4,7-9,12,15,17H,5-6,10-11,13-14H2,1-2H3,(H,24,27)/t17-/m1/s1. The first-order valence-corrected chi connectivity index (χ1v) is 10.1. The van der Waals surface area contributed by atoms with Gasteiger partial charge in [-0.05, 0) is 18.1 Å². The van der Waals surface area contributed by atoms with Crippen LogP contribution in [0.1, 0.15) is 42.9 Å². The lowest BCUT2D eigenvalue weighted by Gasteiger charge is -2.45. The van der Waals surface area contributed by atoms with E-state index in [9.17, 15) is 9.59 Å². The van der Waals surface area contributed by atoms with Gasteiger partial charge >= 0.3 is 0 Å². The maximum atomic E-state index is 12.8. The minimum Gasteiger partial charge on any atom is -0.354 e. The third kappa shape index (κ3) is 3.89. The van der Waals surface area contributed by atoms with Crippen LogP contribution >= 0.6 is 0 Å². The zero-order valence-electron chi connectivity index (χ0n) is 16.9. The van der Waals surface area contributed by atoms with Gasteiger partial charge in [-0.1, -0.05) is 13.8 Å². The number of pyridine rings is 1. The average Bonchev–Trinajstić information content (AvgIpc) is 3.22. The fraction of sp³-hybridized carbons (Fsp3) is 0.524. The van der Waals surface area contributed by atoms with E-state index in [2.05, 4.69) is 29.1 Å². The lowest BCUT2D eigenvalue weighted by molar-refractivity contribution is -0.172. The first kappa shape index (κ1) is 19.6. The first-order valence-electron chi connectivity index (χ1n) is 10.1. The second-order valence-corrected chi connectivity index (χ2v) is 8.17. The number of aromatic nitrogens is 3. The van der Waals surface area contributed by atoms with E-state index in [1.54, 1.807) is 30.7 Å². The van der Waals surface area contributed by atoms with Crippen molar-refractivity contribution in [1.82, 2.24) is 24.8 Å². The number of nitrogens with zero attached hydrogens (tertiary/aromatic N) is 4. The molecule has 29 heavy (non-hydrogen) atoms. The van der Waals surface area contributed by atoms with Gasteiger partial charge in [-0.15, -0.1) is 0 Å². The van der Waals surface area contributed by atoms with E-state index in [1.807, 2.05) is 15.7 Å². The number of piperidine rings is 1. The van der Waals surface area contributed by atoms with Crippen LogP contribution in [-0.2, 0) is 21.7 Å². The molecule has 0 saturated carbocycles. The summed E-state index contributed by atoms with van der Waals surface area (Å²) in [5.74, 6) is 1.13. The molecule has 2 amide bonds. The summed E-state index contributed by atoms with van der Waals surface area (Å²) < 4.78 is 8.40. The Labute approximate surface area is 170 Å². The first-order chi connectivity index (χ1) is 14.0. The van der Waals surface area contributed by atoms with E-state index in [4.69, 9.17) is 4.74 Å². The van der Waals surface area contributed by atoms with Gasteiger partial charge in [0.2, 0.25) is 0 Å². The highest BCUT2D eigenvalue weighted by Gasteiger charge is 2.47. The molecule has 2 aromatic heterocycles. The minimum absolute atomic E-state index is 0.00683. The molecule has 4 rings (SSSR count). The van der Waals surface area contributed by atoms with Gasteiger partial charge in [-0.25, -0.2) is 4.98 Å². The fourth-order valence-electron chi connectivity index (χ4n) is 4.04. The van der Waals surface area contributed by atoms with E-state index in [1.165, 1.54) is 0 Å². The van der Waals surface area contributed by atoms with E-state index in [0.29, 0.717) is 50.5 Å². The zero-order chi connectivity index (χ0) is 20.4. The number of ether oxygens (including phenoxy) is 1. The second kappa shape index (κ2) is 7.94. The predicted octanol–water partition coefficient (Wildman–Crippen LogP) is 1.58. The Bertz CT molecular complexity index is 871. The number of carbonyl (C=O) groups is 2. The molecule has 2 aliphatic rings. The van der Waals surface area contributed by atoms with Gasteiger partial charge in [0.1, 0.15) is 11.4 Å². The number of imidazole rings is 1. The Morgan fingerprint density at radius 3 is 2.66 bits per heavy atom. The molecule has 2 aromatic rings. The van der Waals surface area contributed by atoms with Crippen LogP contribution in [0.3, 0.4) is 0 Å². The summed E-state index contributed by atoms with van der Waals surface area (Å²) in [7, 11) is 0. The highest BCUT2D eigenvalue weighted by atomic mass is 16.5. The summed E-state index contributed by atoms with van der Waals surface area (Å²) in [6, 6.07) is 3.46. The van der Waals surface area contributed by atoms with Crippen LogP contribution in [0.4, 0.5) is 0 Å². The molecule has 1 atom stereocenters. The molecular formula is C21H27N5O3. The van der Waals surface area contributed by atoms with E-state index >= 15 is 0 Å². The summed E-state index contributed by atoms with van der Waals surface area (Å²) in [5.41, 5.74) is -0.00989. The summed E-state index contributed by atoms with van der Waals surface area (Å²) in [6.07, 6.45) is 7.56. The quantitative estimate of drug-likeness (QED) is 0.846. The highest BCUT2D eigenvalue weighted by Crippen LogP contribution is 2.40. The van der Waals surface area contributed by atoms with Crippen LogP contribution < -0.4 is 5.32 Å². The highest BCUT2D eigenvalue weighted by molar-refractivity contribution is 5.94. The molecule has 8 heteroatoms. The largest absolute Gasteiger partial charge is 0.354 e. The van der Waals surface area contributed by atoms with Crippen molar-refractivity contribution in [2.45, 2.75) is 44.9 Å². The Morgan fingerprint density at radius 2 is 1.97 bits per heavy atom. The van der Waals surface area contributed by atoms with Crippen molar-refractivity contribution in [3.05, 3.63) is 48.3 Å². The second-order valence-electron chi connectivity index (χ2n) is 8.17. The van der Waals surface area contributed by atoms with E-state index < -0.39 is 11.7 Å². The van der Waals surface area contributed by atoms with Gasteiger partial charge in [-0.2, -0.15) is 0 Å². The lowest BCUT2D eigenvalue weighted by atomic mass is 9.88. The summed E-state index contributed by atoms with van der Waals surface area (Å²) in [4.78, 5) is 35.8. The molecule has 0 aliphatic carbocycles. The molecule has 1 fully saturated rings. The maximum Gasteiger partial charge on any atom is 0.253 e. The Hall–Kier alpha value is -2.74. The van der Waals surface area contributed by atoms with Gasteiger partial charge in [0.05, 0.1) is 6.54 Å². The number of carbonyl (C=O) groups excluding carboxylic acids is 2. The third-order valence-electron chi connectivity index (χ3n) is 5.62. The van der Waals surface area contributed by atoms with Gasteiger partial charge < -0.3 is 19.5 Å². The van der Waals surface area contributed by atoms with Crippen LogP contribution in [0.15, 0.2) is 36.9 Å². The molecule has 0 radical (unpaired) electrons. The average molecular weight is 397 g/mol. The SMILES string of the molecule is CC(C)CNC(=O)[C@H]1Cn2ccnc2C2(CCN(C(=O)c3ccncc3)CC2)O1. The van der Waals surface area contributed by atoms with Crippen LogP contribution in [0, 0.1) is 5.92 Å². The number of amides is 2. The fourth-order valence-corrected chi connectivity index (χ4v) is 4.04. The van der Waals surface area contributed by atoms with Crippen LogP contribution in [0.25, 0.3) is 0 Å². The molecule has 4 heterocycles. The normalized spacial score (nSPS) is 20.5. The Balaban J connectivity index is 1.49. The van der Waals surface area contributed by atoms with Crippen LogP contribution in [0.5, 0.6) is 0 Å². The number of hydrogen-bond donors (Lipinski definition) is 1. The number of nitrogens with one attached hydrogen (secondary N) is 1. The molecule has 2 aliphatic heterocycles. The predicted molar refractivity (Wildman–Crippen MR) is 106 cm³/mol. The topological polar surface area (TPSA) is 89.4 Å². The summed E-state index contributed by atoms with van der Waals surface area (Å²) in [6.45, 7) is 6.31. The maximum absolute atomic E-state index is 12.8. The number of hydrogen-bond acceptors (Lipinski definition) is 5. The van der Waals surface area contributed by atoms with Gasteiger partial charge in [0.15, 0.2) is 6.10 Å². The molecule has 0 aromatic carbocycles. The van der Waals surface area contributed by atoms with Crippen LogP contribution in [-0.4, -0.2) is 57.0 Å². The minimum atomic E-state index is -0.642. The van der Waals surface area contributed by atoms with Gasteiger partial charge in [-0.3, -0.25) is 14.6 Å². The molecule has 0 bridgehead atoms. The van der Waals surface area contributed by atoms with Crippen molar-refractivity contribution >= 4 is 11.8 Å². The monoisotopic (exact) mass is 397 g/mol. The zero-order valence-corrected chi connectivity index (χ0v) is 16.9. The van der Waals surface area contributed by atoms with E-state index in [-0.39, 0.29) is 11.8 Å². The smallest absolute Gasteiger partial charge is 0.253 e. The number of rotatable bonds is 4. The Morgan fingerprint density at radius 1 is 1.24 bits per heavy atom. The molecule has 8 nitrogen and oxygen atoms in total. The van der Waals surface area contributed by atoms with Gasteiger partial charge in [0, 0.05) is 62.8 Å². The molecule has 154 valence electrons. The molecule has 0 unspecified atom stereocenters.